The molecule has 0 saturated carbocycles. The second-order valence-corrected chi connectivity index (χ2v) is 2.97. The minimum atomic E-state index is -2.08. The monoisotopic (exact) mass is 180 g/mol. The average molecular weight is 180 g/mol. The van der Waals surface area contributed by atoms with E-state index in [0.717, 1.165) is 12.8 Å². The number of hydrogen-bond donors (Lipinski definition) is 1. The number of hydrogen-bond acceptors (Lipinski definition) is 3. The molecule has 11 heavy (non-hydrogen) atoms. The third kappa shape index (κ3) is 7.48. The Hall–Kier alpha value is -0.420. The summed E-state index contributed by atoms with van der Waals surface area (Å²) >= 11 is -2.08. The molecule has 0 aliphatic rings. The van der Waals surface area contributed by atoms with Crippen LogP contribution in [0.2, 0.25) is 0 Å². The molecule has 66 valence electrons. The van der Waals surface area contributed by atoms with Crippen LogP contribution in [0.4, 0.5) is 0 Å². The molecule has 0 fully saturated rings. The van der Waals surface area contributed by atoms with Gasteiger partial charge >= 0.3 is 5.97 Å². The van der Waals surface area contributed by atoms with Crippen LogP contribution in [0.5, 0.6) is 0 Å². The van der Waals surface area contributed by atoms with Gasteiger partial charge in [-0.15, -0.1) is 0 Å². The standard InChI is InChI=1S/C6H12O4S/c1-2-3-4-10-6(7)5-11(8)9/h2-5H2,1H3,(H,8,9). The molecule has 4 nitrogen and oxygen atoms in total. The fourth-order valence-electron chi connectivity index (χ4n) is 0.473. The molecule has 0 bridgehead atoms. The quantitative estimate of drug-likeness (QED) is 0.381. The van der Waals surface area contributed by atoms with Crippen molar-refractivity contribution in [2.45, 2.75) is 19.8 Å². The minimum absolute atomic E-state index is 0.340. The summed E-state index contributed by atoms with van der Waals surface area (Å²) in [5.74, 6) is -1.04. The molecule has 0 rings (SSSR count). The fourth-order valence-corrected chi connectivity index (χ4v) is 0.758. The Morgan fingerprint density at radius 3 is 2.73 bits per heavy atom. The van der Waals surface area contributed by atoms with Crippen molar-refractivity contribution < 1.29 is 18.3 Å². The van der Waals surface area contributed by atoms with Crippen molar-refractivity contribution in [3.63, 3.8) is 0 Å². The van der Waals surface area contributed by atoms with E-state index in [-0.39, 0.29) is 0 Å². The molecule has 0 spiro atoms. The molecule has 0 aromatic heterocycles. The van der Waals surface area contributed by atoms with Crippen LogP contribution in [0.1, 0.15) is 19.8 Å². The van der Waals surface area contributed by atoms with Gasteiger partial charge in [-0.3, -0.25) is 4.79 Å². The highest BCUT2D eigenvalue weighted by Gasteiger charge is 2.05. The van der Waals surface area contributed by atoms with Gasteiger partial charge in [0.2, 0.25) is 0 Å². The Kier molecular flexibility index (Phi) is 6.06. The van der Waals surface area contributed by atoms with Gasteiger partial charge in [0.15, 0.2) is 11.1 Å². The second-order valence-electron chi connectivity index (χ2n) is 2.04. The van der Waals surface area contributed by atoms with Gasteiger partial charge in [0, 0.05) is 0 Å². The largest absolute Gasteiger partial charge is 0.465 e. The van der Waals surface area contributed by atoms with E-state index in [1.54, 1.807) is 0 Å². The van der Waals surface area contributed by atoms with Gasteiger partial charge in [0.05, 0.1) is 6.61 Å². The van der Waals surface area contributed by atoms with Gasteiger partial charge in [-0.2, -0.15) is 0 Å². The predicted octanol–water partition coefficient (Wildman–Crippen LogP) is 0.551. The molecule has 1 unspecified atom stereocenters. The number of ether oxygens (including phenoxy) is 1. The second kappa shape index (κ2) is 6.30. The van der Waals surface area contributed by atoms with E-state index in [1.807, 2.05) is 6.92 Å². The number of rotatable bonds is 5. The highest BCUT2D eigenvalue weighted by Crippen LogP contribution is 1.89. The number of esters is 1. The first-order chi connectivity index (χ1) is 5.16. The van der Waals surface area contributed by atoms with Crippen LogP contribution in [-0.2, 0) is 20.6 Å². The lowest BCUT2D eigenvalue weighted by Gasteiger charge is -2.00. The SMILES string of the molecule is CCCCOC(=O)CS(=O)O. The summed E-state index contributed by atoms with van der Waals surface area (Å²) in [5, 5.41) is 0. The molecule has 0 aromatic rings. The summed E-state index contributed by atoms with van der Waals surface area (Å²) in [7, 11) is 0. The summed E-state index contributed by atoms with van der Waals surface area (Å²) in [4.78, 5) is 10.6. The summed E-state index contributed by atoms with van der Waals surface area (Å²) in [6.45, 7) is 2.31. The zero-order chi connectivity index (χ0) is 8.69. The molecule has 1 N–H and O–H groups in total. The third-order valence-electron chi connectivity index (χ3n) is 1.00. The minimum Gasteiger partial charge on any atom is -0.465 e. The van der Waals surface area contributed by atoms with E-state index in [9.17, 15) is 9.00 Å². The van der Waals surface area contributed by atoms with Crippen LogP contribution in [0.15, 0.2) is 0 Å². The van der Waals surface area contributed by atoms with Crippen LogP contribution in [0.25, 0.3) is 0 Å². The smallest absolute Gasteiger partial charge is 0.320 e. The van der Waals surface area contributed by atoms with Crippen LogP contribution in [0, 0.1) is 0 Å². The van der Waals surface area contributed by atoms with Crippen LogP contribution in [0.3, 0.4) is 0 Å². The molecule has 0 aromatic carbocycles. The van der Waals surface area contributed by atoms with Crippen molar-refractivity contribution in [1.29, 1.82) is 0 Å². The van der Waals surface area contributed by atoms with Crippen LogP contribution < -0.4 is 0 Å². The van der Waals surface area contributed by atoms with Gasteiger partial charge < -0.3 is 9.29 Å². The van der Waals surface area contributed by atoms with Crippen LogP contribution in [-0.4, -0.2) is 27.1 Å². The first-order valence-corrected chi connectivity index (χ1v) is 4.67. The lowest BCUT2D eigenvalue weighted by atomic mass is 10.4. The Bertz CT molecular complexity index is 146. The number of carbonyl (C=O) groups excluding carboxylic acids is 1. The molecule has 0 aliphatic carbocycles. The molecule has 0 heterocycles. The van der Waals surface area contributed by atoms with Crippen molar-refractivity contribution in [2.24, 2.45) is 0 Å². The molecule has 5 heteroatoms. The Balaban J connectivity index is 3.30. The first-order valence-electron chi connectivity index (χ1n) is 3.40. The maximum atomic E-state index is 10.6. The molecule has 1 atom stereocenters. The first kappa shape index (κ1) is 10.6. The van der Waals surface area contributed by atoms with Gasteiger partial charge in [-0.05, 0) is 6.42 Å². The number of carbonyl (C=O) groups is 1. The summed E-state index contributed by atoms with van der Waals surface area (Å²) in [5.41, 5.74) is 0. The fraction of sp³-hybridized carbons (Fsp3) is 0.833. The van der Waals surface area contributed by atoms with Crippen molar-refractivity contribution in [3.8, 4) is 0 Å². The van der Waals surface area contributed by atoms with E-state index < -0.39 is 22.8 Å². The maximum Gasteiger partial charge on any atom is 0.320 e. The highest BCUT2D eigenvalue weighted by atomic mass is 32.2. The Morgan fingerprint density at radius 1 is 1.64 bits per heavy atom. The lowest BCUT2D eigenvalue weighted by Crippen LogP contribution is -2.13. The molecular weight excluding hydrogens is 168 g/mol. The molecular formula is C6H12O4S. The maximum absolute atomic E-state index is 10.6. The van der Waals surface area contributed by atoms with E-state index >= 15 is 0 Å². The molecule has 0 radical (unpaired) electrons. The van der Waals surface area contributed by atoms with Crippen molar-refractivity contribution in [2.75, 3.05) is 12.4 Å². The van der Waals surface area contributed by atoms with Crippen molar-refractivity contribution >= 4 is 17.0 Å². The molecule has 0 saturated heterocycles. The van der Waals surface area contributed by atoms with E-state index in [1.165, 1.54) is 0 Å². The third-order valence-corrected chi connectivity index (χ3v) is 1.48. The van der Waals surface area contributed by atoms with Gasteiger partial charge in [0.25, 0.3) is 0 Å². The average Bonchev–Trinajstić information content (AvgIpc) is 1.86. The Labute approximate surface area is 68.2 Å². The van der Waals surface area contributed by atoms with Gasteiger partial charge in [-0.25, -0.2) is 4.21 Å². The van der Waals surface area contributed by atoms with Gasteiger partial charge in [0.1, 0.15) is 5.75 Å². The predicted molar refractivity (Wildman–Crippen MR) is 41.5 cm³/mol. The van der Waals surface area contributed by atoms with Crippen molar-refractivity contribution in [1.82, 2.24) is 0 Å². The normalized spacial score (nSPS) is 12.5. The van der Waals surface area contributed by atoms with E-state index in [0.29, 0.717) is 6.61 Å². The number of unbranched alkanes of at least 4 members (excludes halogenated alkanes) is 1. The topological polar surface area (TPSA) is 63.6 Å². The molecule has 0 amide bonds. The highest BCUT2D eigenvalue weighted by molar-refractivity contribution is 7.80. The lowest BCUT2D eigenvalue weighted by molar-refractivity contribution is -0.140. The molecule has 0 aliphatic heterocycles. The Morgan fingerprint density at radius 2 is 2.27 bits per heavy atom. The van der Waals surface area contributed by atoms with Gasteiger partial charge in [-0.1, -0.05) is 13.3 Å². The summed E-state index contributed by atoms with van der Waals surface area (Å²) in [6.07, 6.45) is 1.74. The van der Waals surface area contributed by atoms with Crippen LogP contribution >= 0.6 is 0 Å². The van der Waals surface area contributed by atoms with Crippen molar-refractivity contribution in [3.05, 3.63) is 0 Å². The zero-order valence-electron chi connectivity index (χ0n) is 6.41. The summed E-state index contributed by atoms with van der Waals surface area (Å²) < 4.78 is 22.9. The summed E-state index contributed by atoms with van der Waals surface area (Å²) in [6, 6.07) is 0. The zero-order valence-corrected chi connectivity index (χ0v) is 7.23. The van der Waals surface area contributed by atoms with E-state index in [4.69, 9.17) is 4.55 Å². The van der Waals surface area contributed by atoms with E-state index in [2.05, 4.69) is 4.74 Å².